The van der Waals surface area contributed by atoms with Gasteiger partial charge in [0.1, 0.15) is 11.5 Å². The van der Waals surface area contributed by atoms with Crippen LogP contribution in [-0.2, 0) is 16.0 Å². The number of halogens is 1. The van der Waals surface area contributed by atoms with Crippen LogP contribution in [-0.4, -0.2) is 29.1 Å². The summed E-state index contributed by atoms with van der Waals surface area (Å²) >= 11 is 6.05. The number of hydrogen-bond donors (Lipinski definition) is 2. The number of unbranched alkanes of at least 4 members (excludes halogenated alkanes) is 6. The third-order valence-electron chi connectivity index (χ3n) is 4.80. The number of carbonyl (C=O) groups is 2. The van der Waals surface area contributed by atoms with Gasteiger partial charge in [-0.25, -0.2) is 0 Å². The molecule has 28 heavy (non-hydrogen) atoms. The lowest BCUT2D eigenvalue weighted by Gasteiger charge is -2.16. The molecule has 0 saturated carbocycles. The number of aldehydes is 1. The normalized spacial score (nSPS) is 11.5. The Labute approximate surface area is 173 Å². The number of phenolic OH excluding ortho intramolecular Hbond substituents is 2. The summed E-state index contributed by atoms with van der Waals surface area (Å²) in [5, 5.41) is 20.5. The van der Waals surface area contributed by atoms with Crippen molar-refractivity contribution >= 4 is 23.9 Å². The molecule has 0 atom stereocenters. The summed E-state index contributed by atoms with van der Waals surface area (Å²) < 4.78 is 5.24. The zero-order valence-corrected chi connectivity index (χ0v) is 18.2. The smallest absolute Gasteiger partial charge is 0.311 e. The molecule has 158 valence electrons. The van der Waals surface area contributed by atoms with Gasteiger partial charge in [-0.2, -0.15) is 0 Å². The summed E-state index contributed by atoms with van der Waals surface area (Å²) in [6.07, 6.45) is 7.90. The summed E-state index contributed by atoms with van der Waals surface area (Å²) in [5.41, 5.74) is 0.434. The maximum atomic E-state index is 11.6. The van der Waals surface area contributed by atoms with Gasteiger partial charge in [-0.05, 0) is 52.5 Å². The summed E-state index contributed by atoms with van der Waals surface area (Å²) in [7, 11) is 0. The quantitative estimate of drug-likeness (QED) is 0.275. The maximum absolute atomic E-state index is 11.6. The first-order valence-corrected chi connectivity index (χ1v) is 10.3. The molecule has 0 bridgehead atoms. The molecule has 0 aliphatic heterocycles. The SMILES string of the molecule is Cc1c(Cl)c(O)c(CCCCCCCCCOC(=O)C(C)(C)C)c(O)c1C=O. The van der Waals surface area contributed by atoms with Crippen LogP contribution in [0.4, 0.5) is 0 Å². The van der Waals surface area contributed by atoms with Gasteiger partial charge in [-0.3, -0.25) is 9.59 Å². The molecule has 0 unspecified atom stereocenters. The van der Waals surface area contributed by atoms with E-state index in [1.807, 2.05) is 20.8 Å². The molecule has 0 amide bonds. The standard InChI is InChI=1S/C22H33ClO5/c1-15-17(14-24)19(25)16(20(26)18(15)23)12-10-8-6-5-7-9-11-13-28-21(27)22(2,3)4/h14,25-26H,5-13H2,1-4H3. The minimum Gasteiger partial charge on any atom is -0.507 e. The fourth-order valence-corrected chi connectivity index (χ4v) is 3.15. The molecule has 6 heteroatoms. The van der Waals surface area contributed by atoms with Gasteiger partial charge in [0.25, 0.3) is 0 Å². The van der Waals surface area contributed by atoms with Gasteiger partial charge in [0.15, 0.2) is 6.29 Å². The summed E-state index contributed by atoms with van der Waals surface area (Å²) in [6, 6.07) is 0. The Balaban J connectivity index is 2.25. The molecule has 2 N–H and O–H groups in total. The van der Waals surface area contributed by atoms with Crippen molar-refractivity contribution in [2.75, 3.05) is 6.61 Å². The third-order valence-corrected chi connectivity index (χ3v) is 5.26. The van der Waals surface area contributed by atoms with Gasteiger partial charge < -0.3 is 14.9 Å². The lowest BCUT2D eigenvalue weighted by molar-refractivity contribution is -0.153. The molecular weight excluding hydrogens is 380 g/mol. The number of benzene rings is 1. The van der Waals surface area contributed by atoms with Crippen molar-refractivity contribution in [3.05, 3.63) is 21.7 Å². The van der Waals surface area contributed by atoms with E-state index in [9.17, 15) is 19.8 Å². The zero-order valence-electron chi connectivity index (χ0n) is 17.4. The fraction of sp³-hybridized carbons (Fsp3) is 0.636. The van der Waals surface area contributed by atoms with Crippen molar-refractivity contribution in [1.82, 2.24) is 0 Å². The second kappa shape index (κ2) is 11.3. The van der Waals surface area contributed by atoms with Gasteiger partial charge in [0.05, 0.1) is 22.6 Å². The minimum atomic E-state index is -0.447. The molecule has 0 fully saturated rings. The Morgan fingerprint density at radius 2 is 1.54 bits per heavy atom. The molecule has 0 saturated heterocycles. The van der Waals surface area contributed by atoms with Crippen LogP contribution in [0.2, 0.25) is 5.02 Å². The van der Waals surface area contributed by atoms with E-state index in [0.717, 1.165) is 44.9 Å². The zero-order chi connectivity index (χ0) is 21.3. The van der Waals surface area contributed by atoms with Crippen LogP contribution in [0.15, 0.2) is 0 Å². The highest BCUT2D eigenvalue weighted by Crippen LogP contribution is 2.40. The van der Waals surface area contributed by atoms with E-state index in [0.29, 0.717) is 30.4 Å². The first-order chi connectivity index (χ1) is 13.1. The summed E-state index contributed by atoms with van der Waals surface area (Å²) in [6.45, 7) is 7.61. The molecular formula is C22H33ClO5. The van der Waals surface area contributed by atoms with E-state index in [-0.39, 0.29) is 28.1 Å². The Hall–Kier alpha value is -1.75. The monoisotopic (exact) mass is 412 g/mol. The van der Waals surface area contributed by atoms with Crippen LogP contribution < -0.4 is 0 Å². The molecule has 0 spiro atoms. The average Bonchev–Trinajstić information content (AvgIpc) is 2.63. The summed E-state index contributed by atoms with van der Waals surface area (Å²) in [5.74, 6) is -0.459. The Bertz CT molecular complexity index is 677. The number of aromatic hydroxyl groups is 2. The highest BCUT2D eigenvalue weighted by Gasteiger charge is 2.22. The van der Waals surface area contributed by atoms with Crippen molar-refractivity contribution < 1.29 is 24.5 Å². The molecule has 1 aromatic rings. The molecule has 0 aliphatic rings. The van der Waals surface area contributed by atoms with E-state index in [2.05, 4.69) is 0 Å². The number of esters is 1. The second-order valence-corrected chi connectivity index (χ2v) is 8.64. The molecule has 5 nitrogen and oxygen atoms in total. The van der Waals surface area contributed by atoms with E-state index in [1.165, 1.54) is 0 Å². The minimum absolute atomic E-state index is 0.127. The molecule has 1 rings (SSSR count). The second-order valence-electron chi connectivity index (χ2n) is 8.26. The van der Waals surface area contributed by atoms with Crippen molar-refractivity contribution in [3.8, 4) is 11.5 Å². The summed E-state index contributed by atoms with van der Waals surface area (Å²) in [4.78, 5) is 22.8. The van der Waals surface area contributed by atoms with Gasteiger partial charge in [-0.1, -0.05) is 43.7 Å². The highest BCUT2D eigenvalue weighted by molar-refractivity contribution is 6.33. The molecule has 1 aromatic carbocycles. The van der Waals surface area contributed by atoms with Crippen molar-refractivity contribution in [2.45, 2.75) is 79.1 Å². The average molecular weight is 413 g/mol. The van der Waals surface area contributed by atoms with E-state index in [4.69, 9.17) is 16.3 Å². The fourth-order valence-electron chi connectivity index (χ4n) is 2.93. The Kier molecular flexibility index (Phi) is 9.80. The number of phenols is 2. The number of ether oxygens (including phenoxy) is 1. The van der Waals surface area contributed by atoms with Crippen molar-refractivity contribution in [2.24, 2.45) is 5.41 Å². The largest absolute Gasteiger partial charge is 0.507 e. The highest BCUT2D eigenvalue weighted by atomic mass is 35.5. The first kappa shape index (κ1) is 24.3. The van der Waals surface area contributed by atoms with Crippen LogP contribution in [0.25, 0.3) is 0 Å². The van der Waals surface area contributed by atoms with Crippen molar-refractivity contribution in [3.63, 3.8) is 0 Å². The lowest BCUT2D eigenvalue weighted by atomic mass is 9.97. The van der Waals surface area contributed by atoms with Crippen LogP contribution in [0.1, 0.15) is 87.2 Å². The van der Waals surface area contributed by atoms with Crippen LogP contribution >= 0.6 is 11.6 Å². The lowest BCUT2D eigenvalue weighted by Crippen LogP contribution is -2.23. The van der Waals surface area contributed by atoms with Crippen LogP contribution in [0.5, 0.6) is 11.5 Å². The number of hydrogen-bond acceptors (Lipinski definition) is 5. The predicted octanol–water partition coefficient (Wildman–Crippen LogP) is 5.73. The van der Waals surface area contributed by atoms with Gasteiger partial charge in [-0.15, -0.1) is 0 Å². The van der Waals surface area contributed by atoms with E-state index < -0.39 is 5.41 Å². The Morgan fingerprint density at radius 1 is 1.00 bits per heavy atom. The van der Waals surface area contributed by atoms with Crippen LogP contribution in [0.3, 0.4) is 0 Å². The van der Waals surface area contributed by atoms with Crippen molar-refractivity contribution in [1.29, 1.82) is 0 Å². The topological polar surface area (TPSA) is 83.8 Å². The molecule has 0 aliphatic carbocycles. The molecule has 0 aromatic heterocycles. The number of carbonyl (C=O) groups excluding carboxylic acids is 2. The van der Waals surface area contributed by atoms with Crippen LogP contribution in [0, 0.1) is 12.3 Å². The Morgan fingerprint density at radius 3 is 2.07 bits per heavy atom. The maximum Gasteiger partial charge on any atom is 0.311 e. The predicted molar refractivity (Wildman–Crippen MR) is 111 cm³/mol. The number of rotatable bonds is 11. The van der Waals surface area contributed by atoms with E-state index in [1.54, 1.807) is 6.92 Å². The first-order valence-electron chi connectivity index (χ1n) is 9.96. The molecule has 0 heterocycles. The van der Waals surface area contributed by atoms with Gasteiger partial charge in [0.2, 0.25) is 0 Å². The van der Waals surface area contributed by atoms with E-state index >= 15 is 0 Å². The van der Waals surface area contributed by atoms with Gasteiger partial charge >= 0.3 is 5.97 Å². The van der Waals surface area contributed by atoms with Gasteiger partial charge in [0, 0.05) is 5.56 Å². The third kappa shape index (κ3) is 7.01. The molecule has 0 radical (unpaired) electrons.